The summed E-state index contributed by atoms with van der Waals surface area (Å²) in [6.45, 7) is 0.680. The molecule has 3 rings (SSSR count). The highest BCUT2D eigenvalue weighted by atomic mass is 32.2. The lowest BCUT2D eigenvalue weighted by Gasteiger charge is -2.25. The molecule has 0 spiro atoms. The lowest BCUT2D eigenvalue weighted by atomic mass is 10.1. The van der Waals surface area contributed by atoms with Crippen LogP contribution >= 0.6 is 11.3 Å². The number of carboxylic acids is 1. The van der Waals surface area contributed by atoms with Gasteiger partial charge in [0, 0.05) is 30.8 Å². The van der Waals surface area contributed by atoms with Gasteiger partial charge in [0.15, 0.2) is 5.96 Å². The Balaban J connectivity index is 1.56. The number of carbonyl (C=O) groups excluding carboxylic acids is 2. The first kappa shape index (κ1) is 29.1. The quantitative estimate of drug-likeness (QED) is 0.119. The van der Waals surface area contributed by atoms with E-state index in [-0.39, 0.29) is 36.1 Å². The number of rotatable bonds is 13. The standard InChI is InChI=1S/C24H32N6O6S2/c25-24(26)27-13-5-4-10-20(31)29-21-12-11-16(37-21)15-18(23(33)34)28-22(32)19-9-6-14-30(19)38(35,36)17-7-2-1-3-8-17/h1-3,7-8,11-12,18-19H,4-6,9-10,13-15H2,(H,28,32)(H,29,31)(H,33,34)(H4,25,26,27)/t18-,19-/m0/s1. The molecule has 1 aromatic carbocycles. The second-order valence-electron chi connectivity index (χ2n) is 8.80. The molecule has 0 saturated carbocycles. The first-order valence-corrected chi connectivity index (χ1v) is 14.4. The number of amides is 2. The Hall–Kier alpha value is -3.49. The van der Waals surface area contributed by atoms with Crippen LogP contribution in [0, 0.1) is 5.41 Å². The summed E-state index contributed by atoms with van der Waals surface area (Å²) in [6.07, 6.45) is 2.33. The fourth-order valence-electron chi connectivity index (χ4n) is 4.08. The van der Waals surface area contributed by atoms with Crippen molar-refractivity contribution < 1.29 is 27.9 Å². The predicted molar refractivity (Wildman–Crippen MR) is 143 cm³/mol. The van der Waals surface area contributed by atoms with Gasteiger partial charge in [-0.25, -0.2) is 13.2 Å². The summed E-state index contributed by atoms with van der Waals surface area (Å²) in [4.78, 5) is 37.8. The molecule has 7 N–H and O–H groups in total. The van der Waals surface area contributed by atoms with E-state index in [1.807, 2.05) is 0 Å². The van der Waals surface area contributed by atoms with Crippen LogP contribution in [-0.2, 0) is 30.8 Å². The van der Waals surface area contributed by atoms with E-state index in [0.29, 0.717) is 42.1 Å². The van der Waals surface area contributed by atoms with E-state index in [1.165, 1.54) is 23.5 Å². The molecule has 0 radical (unpaired) electrons. The van der Waals surface area contributed by atoms with Gasteiger partial charge in [-0.05, 0) is 49.9 Å². The number of unbranched alkanes of at least 4 members (excludes halogenated alkanes) is 1. The zero-order valence-electron chi connectivity index (χ0n) is 20.7. The fourth-order valence-corrected chi connectivity index (χ4v) is 6.72. The molecule has 12 nitrogen and oxygen atoms in total. The Morgan fingerprint density at radius 2 is 1.89 bits per heavy atom. The lowest BCUT2D eigenvalue weighted by Crippen LogP contribution is -2.51. The number of aliphatic carboxylic acids is 1. The summed E-state index contributed by atoms with van der Waals surface area (Å²) in [5, 5.41) is 25.3. The van der Waals surface area contributed by atoms with Crippen LogP contribution in [0.1, 0.15) is 37.0 Å². The molecule has 206 valence electrons. The van der Waals surface area contributed by atoms with E-state index in [4.69, 9.17) is 11.1 Å². The number of nitrogens with one attached hydrogen (secondary N) is 4. The van der Waals surface area contributed by atoms with Crippen molar-refractivity contribution in [1.82, 2.24) is 14.9 Å². The van der Waals surface area contributed by atoms with Gasteiger partial charge in [-0.2, -0.15) is 4.31 Å². The largest absolute Gasteiger partial charge is 0.480 e. The van der Waals surface area contributed by atoms with Crippen molar-refractivity contribution >= 4 is 50.1 Å². The van der Waals surface area contributed by atoms with Crippen molar-refractivity contribution in [1.29, 1.82) is 5.41 Å². The zero-order valence-corrected chi connectivity index (χ0v) is 22.3. The number of anilines is 1. The minimum atomic E-state index is -3.90. The summed E-state index contributed by atoms with van der Waals surface area (Å²) in [5.74, 6) is -2.20. The average Bonchev–Trinajstić information content (AvgIpc) is 3.54. The number of sulfonamides is 1. The van der Waals surface area contributed by atoms with Gasteiger partial charge in [0.25, 0.3) is 0 Å². The Kier molecular flexibility index (Phi) is 10.2. The molecule has 2 atom stereocenters. The molecular formula is C24H32N6O6S2. The van der Waals surface area contributed by atoms with E-state index in [9.17, 15) is 27.9 Å². The predicted octanol–water partition coefficient (Wildman–Crippen LogP) is 1.31. The maximum atomic E-state index is 13.1. The van der Waals surface area contributed by atoms with Crippen molar-refractivity contribution in [2.24, 2.45) is 5.73 Å². The first-order valence-electron chi connectivity index (χ1n) is 12.1. The van der Waals surface area contributed by atoms with Crippen molar-refractivity contribution in [3.8, 4) is 0 Å². The molecule has 1 saturated heterocycles. The highest BCUT2D eigenvalue weighted by Gasteiger charge is 2.40. The third kappa shape index (κ3) is 8.00. The number of thiophene rings is 1. The van der Waals surface area contributed by atoms with Gasteiger partial charge in [0.05, 0.1) is 9.90 Å². The molecule has 0 unspecified atom stereocenters. The fraction of sp³-hybridized carbons (Fsp3) is 0.417. The van der Waals surface area contributed by atoms with Crippen molar-refractivity contribution in [2.45, 2.75) is 55.5 Å². The second kappa shape index (κ2) is 13.3. The van der Waals surface area contributed by atoms with E-state index in [1.54, 1.807) is 30.3 Å². The Labute approximate surface area is 225 Å². The van der Waals surface area contributed by atoms with E-state index in [0.717, 1.165) is 4.31 Å². The van der Waals surface area contributed by atoms with E-state index in [2.05, 4.69) is 16.0 Å². The van der Waals surface area contributed by atoms with Crippen LogP contribution in [0.2, 0.25) is 0 Å². The maximum Gasteiger partial charge on any atom is 0.326 e. The minimum Gasteiger partial charge on any atom is -0.480 e. The molecule has 1 fully saturated rings. The van der Waals surface area contributed by atoms with E-state index >= 15 is 0 Å². The van der Waals surface area contributed by atoms with Gasteiger partial charge < -0.3 is 26.8 Å². The normalized spacial score (nSPS) is 16.5. The zero-order chi connectivity index (χ0) is 27.7. The number of benzene rings is 1. The first-order chi connectivity index (χ1) is 18.1. The topological polar surface area (TPSA) is 195 Å². The third-order valence-electron chi connectivity index (χ3n) is 5.95. The highest BCUT2D eigenvalue weighted by molar-refractivity contribution is 7.89. The van der Waals surface area contributed by atoms with Gasteiger partial charge in [-0.15, -0.1) is 11.3 Å². The third-order valence-corrected chi connectivity index (χ3v) is 8.89. The number of nitrogens with two attached hydrogens (primary N) is 1. The maximum absolute atomic E-state index is 13.1. The number of guanidine groups is 1. The molecule has 1 aromatic heterocycles. The number of carbonyl (C=O) groups is 3. The monoisotopic (exact) mass is 564 g/mol. The molecule has 1 aliphatic heterocycles. The molecule has 0 aliphatic carbocycles. The van der Waals surface area contributed by atoms with Gasteiger partial charge in [-0.1, -0.05) is 18.2 Å². The van der Waals surface area contributed by atoms with Crippen LogP contribution in [0.25, 0.3) is 0 Å². The van der Waals surface area contributed by atoms with Gasteiger partial charge in [-0.3, -0.25) is 15.0 Å². The summed E-state index contributed by atoms with van der Waals surface area (Å²) in [6, 6.07) is 8.91. The van der Waals surface area contributed by atoms with Gasteiger partial charge >= 0.3 is 5.97 Å². The summed E-state index contributed by atoms with van der Waals surface area (Å²) in [7, 11) is -3.90. The smallest absolute Gasteiger partial charge is 0.326 e. The van der Waals surface area contributed by atoms with Crippen molar-refractivity contribution in [3.05, 3.63) is 47.3 Å². The molecular weight excluding hydrogens is 532 g/mol. The summed E-state index contributed by atoms with van der Waals surface area (Å²) in [5.41, 5.74) is 5.20. The van der Waals surface area contributed by atoms with Gasteiger partial charge in [0.1, 0.15) is 12.1 Å². The molecule has 38 heavy (non-hydrogen) atoms. The van der Waals surface area contributed by atoms with Crippen LogP contribution in [-0.4, -0.2) is 66.7 Å². The van der Waals surface area contributed by atoms with E-state index < -0.39 is 34.0 Å². The number of carboxylic acid groups (broad SMARTS) is 1. The van der Waals surface area contributed by atoms with Crippen molar-refractivity contribution in [2.75, 3.05) is 18.4 Å². The minimum absolute atomic E-state index is 0.0174. The Bertz CT molecular complexity index is 1250. The van der Waals surface area contributed by atoms with Crippen LogP contribution in [0.3, 0.4) is 0 Å². The summed E-state index contributed by atoms with van der Waals surface area (Å²) >= 11 is 1.21. The molecule has 2 aromatic rings. The number of nitrogens with zero attached hydrogens (tertiary/aromatic N) is 1. The SMILES string of the molecule is N=C(N)NCCCCC(=O)Nc1ccc(C[C@H](NC(=O)[C@@H]2CCCN2S(=O)(=O)c2ccccc2)C(=O)O)s1. The molecule has 1 aliphatic rings. The molecule has 14 heteroatoms. The summed E-state index contributed by atoms with van der Waals surface area (Å²) < 4.78 is 27.2. The Morgan fingerprint density at radius 1 is 1.16 bits per heavy atom. The molecule has 0 bridgehead atoms. The average molecular weight is 565 g/mol. The second-order valence-corrected chi connectivity index (χ2v) is 11.9. The van der Waals surface area contributed by atoms with Gasteiger partial charge in [0.2, 0.25) is 21.8 Å². The number of hydrogen-bond acceptors (Lipinski definition) is 7. The van der Waals surface area contributed by atoms with Crippen molar-refractivity contribution in [3.63, 3.8) is 0 Å². The highest BCUT2D eigenvalue weighted by Crippen LogP contribution is 2.27. The van der Waals surface area contributed by atoms with Crippen LogP contribution in [0.15, 0.2) is 47.4 Å². The van der Waals surface area contributed by atoms with Crippen LogP contribution < -0.4 is 21.7 Å². The molecule has 2 heterocycles. The molecule has 2 amide bonds. The Morgan fingerprint density at radius 3 is 2.58 bits per heavy atom. The van der Waals surface area contributed by atoms with Crippen LogP contribution in [0.5, 0.6) is 0 Å². The number of hydrogen-bond donors (Lipinski definition) is 6. The van der Waals surface area contributed by atoms with Crippen LogP contribution in [0.4, 0.5) is 5.00 Å². The lowest BCUT2D eigenvalue weighted by molar-refractivity contribution is -0.142.